The van der Waals surface area contributed by atoms with Crippen molar-refractivity contribution in [3.63, 3.8) is 0 Å². The van der Waals surface area contributed by atoms with E-state index in [1.165, 1.54) is 0 Å². The van der Waals surface area contributed by atoms with E-state index < -0.39 is 12.1 Å². The van der Waals surface area contributed by atoms with Gasteiger partial charge in [0.2, 0.25) is 0 Å². The van der Waals surface area contributed by atoms with Gasteiger partial charge in [0, 0.05) is 11.3 Å². The van der Waals surface area contributed by atoms with E-state index in [-0.39, 0.29) is 13.2 Å². The molecule has 0 fully saturated rings. The number of ether oxygens (including phenoxy) is 2. The van der Waals surface area contributed by atoms with E-state index in [1.807, 2.05) is 0 Å². The van der Waals surface area contributed by atoms with E-state index in [9.17, 15) is 9.90 Å². The SMILES string of the molecule is Cc1[nH]c(C(=O)OCCOc2c(Cl)cccc2Cl)c(C)c1[C@H](C)O. The smallest absolute Gasteiger partial charge is 0.355 e. The van der Waals surface area contributed by atoms with Crippen molar-refractivity contribution in [3.8, 4) is 5.75 Å². The highest BCUT2D eigenvalue weighted by Crippen LogP contribution is 2.32. The van der Waals surface area contributed by atoms with Crippen molar-refractivity contribution in [2.45, 2.75) is 26.9 Å². The molecule has 1 atom stereocenters. The van der Waals surface area contributed by atoms with Crippen LogP contribution in [-0.4, -0.2) is 29.3 Å². The molecule has 7 heteroatoms. The second kappa shape index (κ2) is 7.92. The van der Waals surface area contributed by atoms with Crippen LogP contribution in [0.2, 0.25) is 10.0 Å². The van der Waals surface area contributed by atoms with Gasteiger partial charge in [0.1, 0.15) is 18.9 Å². The number of rotatable bonds is 6. The van der Waals surface area contributed by atoms with Crippen LogP contribution >= 0.6 is 23.2 Å². The summed E-state index contributed by atoms with van der Waals surface area (Å²) in [6, 6.07) is 5.04. The van der Waals surface area contributed by atoms with Gasteiger partial charge in [-0.3, -0.25) is 0 Å². The number of carbonyl (C=O) groups is 1. The Morgan fingerprint density at radius 1 is 1.25 bits per heavy atom. The Labute approximate surface area is 150 Å². The monoisotopic (exact) mass is 371 g/mol. The van der Waals surface area contributed by atoms with Crippen molar-refractivity contribution in [1.82, 2.24) is 4.98 Å². The Morgan fingerprint density at radius 2 is 1.88 bits per heavy atom. The van der Waals surface area contributed by atoms with Gasteiger partial charge in [-0.2, -0.15) is 0 Å². The highest BCUT2D eigenvalue weighted by Gasteiger charge is 2.20. The lowest BCUT2D eigenvalue weighted by Crippen LogP contribution is -2.14. The van der Waals surface area contributed by atoms with E-state index in [4.69, 9.17) is 32.7 Å². The van der Waals surface area contributed by atoms with Crippen LogP contribution in [0.3, 0.4) is 0 Å². The zero-order valence-corrected chi connectivity index (χ0v) is 15.2. The zero-order chi connectivity index (χ0) is 17.9. The van der Waals surface area contributed by atoms with Crippen LogP contribution in [-0.2, 0) is 4.74 Å². The molecule has 0 aliphatic rings. The lowest BCUT2D eigenvalue weighted by atomic mass is 10.1. The van der Waals surface area contributed by atoms with E-state index >= 15 is 0 Å². The Kier molecular flexibility index (Phi) is 6.15. The van der Waals surface area contributed by atoms with Crippen molar-refractivity contribution >= 4 is 29.2 Å². The average molecular weight is 372 g/mol. The molecule has 5 nitrogen and oxygen atoms in total. The predicted octanol–water partition coefficient (Wildman–Crippen LogP) is 4.23. The molecule has 0 aliphatic carbocycles. The first kappa shape index (κ1) is 18.6. The van der Waals surface area contributed by atoms with Gasteiger partial charge in [-0.1, -0.05) is 29.3 Å². The molecule has 0 radical (unpaired) electrons. The molecule has 0 bridgehead atoms. The van der Waals surface area contributed by atoms with Crippen molar-refractivity contribution in [2.75, 3.05) is 13.2 Å². The zero-order valence-electron chi connectivity index (χ0n) is 13.7. The van der Waals surface area contributed by atoms with E-state index in [1.54, 1.807) is 39.0 Å². The molecule has 0 unspecified atom stereocenters. The minimum atomic E-state index is -0.659. The number of esters is 1. The summed E-state index contributed by atoms with van der Waals surface area (Å²) in [5.41, 5.74) is 2.47. The maximum Gasteiger partial charge on any atom is 0.355 e. The first-order valence-electron chi connectivity index (χ1n) is 7.44. The molecule has 2 aromatic rings. The number of halogens is 2. The van der Waals surface area contributed by atoms with Gasteiger partial charge in [0.05, 0.1) is 16.1 Å². The Hall–Kier alpha value is -1.69. The number of hydrogen-bond acceptors (Lipinski definition) is 4. The quantitative estimate of drug-likeness (QED) is 0.588. The fourth-order valence-corrected chi connectivity index (χ4v) is 3.07. The van der Waals surface area contributed by atoms with Crippen LogP contribution in [0.4, 0.5) is 0 Å². The summed E-state index contributed by atoms with van der Waals surface area (Å²) < 4.78 is 10.7. The maximum absolute atomic E-state index is 12.2. The second-order valence-corrected chi connectivity index (χ2v) is 6.19. The predicted molar refractivity (Wildman–Crippen MR) is 93.1 cm³/mol. The molecule has 24 heavy (non-hydrogen) atoms. The van der Waals surface area contributed by atoms with Crippen LogP contribution in [0, 0.1) is 13.8 Å². The number of aromatic nitrogens is 1. The van der Waals surface area contributed by atoms with E-state index in [0.29, 0.717) is 32.6 Å². The van der Waals surface area contributed by atoms with Gasteiger partial charge in [0.15, 0.2) is 5.75 Å². The van der Waals surface area contributed by atoms with Crippen LogP contribution in [0.5, 0.6) is 5.75 Å². The van der Waals surface area contributed by atoms with E-state index in [0.717, 1.165) is 5.69 Å². The summed E-state index contributed by atoms with van der Waals surface area (Å²) in [4.78, 5) is 15.1. The molecule has 1 aromatic carbocycles. The van der Waals surface area contributed by atoms with Crippen LogP contribution < -0.4 is 4.74 Å². The molecule has 0 aliphatic heterocycles. The maximum atomic E-state index is 12.2. The Morgan fingerprint density at radius 3 is 2.42 bits per heavy atom. The fourth-order valence-electron chi connectivity index (χ4n) is 2.57. The molecule has 1 heterocycles. The second-order valence-electron chi connectivity index (χ2n) is 5.37. The molecule has 0 spiro atoms. The number of hydrogen-bond donors (Lipinski definition) is 2. The molecule has 2 rings (SSSR count). The normalized spacial score (nSPS) is 12.1. The van der Waals surface area contributed by atoms with Crippen LogP contribution in [0.1, 0.15) is 40.3 Å². The third-order valence-electron chi connectivity index (χ3n) is 3.60. The van der Waals surface area contributed by atoms with Crippen molar-refractivity contribution in [2.24, 2.45) is 0 Å². The molecule has 0 saturated carbocycles. The van der Waals surface area contributed by atoms with E-state index in [2.05, 4.69) is 4.98 Å². The van der Waals surface area contributed by atoms with Crippen molar-refractivity contribution in [1.29, 1.82) is 0 Å². The molecule has 0 amide bonds. The number of aromatic amines is 1. The summed E-state index contributed by atoms with van der Waals surface area (Å²) >= 11 is 12.0. The third kappa shape index (κ3) is 4.04. The number of carbonyl (C=O) groups excluding carboxylic acids is 1. The Bertz CT molecular complexity index is 720. The lowest BCUT2D eigenvalue weighted by Gasteiger charge is -2.10. The average Bonchev–Trinajstić information content (AvgIpc) is 2.80. The van der Waals surface area contributed by atoms with Gasteiger partial charge in [-0.05, 0) is 38.5 Å². The molecular weight excluding hydrogens is 353 g/mol. The van der Waals surface area contributed by atoms with Crippen molar-refractivity contribution < 1.29 is 19.4 Å². The van der Waals surface area contributed by atoms with Gasteiger partial charge >= 0.3 is 5.97 Å². The van der Waals surface area contributed by atoms with Gasteiger partial charge < -0.3 is 19.6 Å². The third-order valence-corrected chi connectivity index (χ3v) is 4.19. The van der Waals surface area contributed by atoms with Crippen LogP contribution in [0.25, 0.3) is 0 Å². The van der Waals surface area contributed by atoms with Crippen molar-refractivity contribution in [3.05, 3.63) is 50.8 Å². The molecule has 130 valence electrons. The lowest BCUT2D eigenvalue weighted by molar-refractivity contribution is 0.0443. The fraction of sp³-hybridized carbons (Fsp3) is 0.353. The number of H-pyrrole nitrogens is 1. The summed E-state index contributed by atoms with van der Waals surface area (Å²) in [5.74, 6) is -0.142. The topological polar surface area (TPSA) is 71.6 Å². The standard InChI is InChI=1S/C17H19Cl2NO4/c1-9-14(11(3)21)10(2)20-15(9)17(22)24-8-7-23-16-12(18)5-4-6-13(16)19/h4-6,11,20-21H,7-8H2,1-3H3/t11-/m0/s1. The highest BCUT2D eigenvalue weighted by molar-refractivity contribution is 6.37. The summed E-state index contributed by atoms with van der Waals surface area (Å²) in [6.45, 7) is 5.38. The first-order valence-corrected chi connectivity index (χ1v) is 8.19. The number of aryl methyl sites for hydroxylation is 1. The van der Waals surface area contributed by atoms with Gasteiger partial charge in [0.25, 0.3) is 0 Å². The number of aliphatic hydroxyl groups excluding tert-OH is 1. The molecule has 0 saturated heterocycles. The highest BCUT2D eigenvalue weighted by atomic mass is 35.5. The molecular formula is C17H19Cl2NO4. The first-order chi connectivity index (χ1) is 11.3. The number of para-hydroxylation sites is 1. The van der Waals surface area contributed by atoms with Gasteiger partial charge in [-0.25, -0.2) is 4.79 Å². The minimum Gasteiger partial charge on any atom is -0.487 e. The summed E-state index contributed by atoms with van der Waals surface area (Å²) in [6.07, 6.45) is -0.659. The summed E-state index contributed by atoms with van der Waals surface area (Å²) in [5, 5.41) is 10.5. The Balaban J connectivity index is 1.94. The van der Waals surface area contributed by atoms with Crippen LogP contribution in [0.15, 0.2) is 18.2 Å². The number of aliphatic hydroxyl groups is 1. The number of nitrogens with one attached hydrogen (secondary N) is 1. The summed E-state index contributed by atoms with van der Waals surface area (Å²) in [7, 11) is 0. The van der Waals surface area contributed by atoms with Gasteiger partial charge in [-0.15, -0.1) is 0 Å². The number of benzene rings is 1. The minimum absolute atomic E-state index is 0.0436. The molecule has 1 aromatic heterocycles. The molecule has 2 N–H and O–H groups in total. The largest absolute Gasteiger partial charge is 0.487 e.